The second kappa shape index (κ2) is 6.98. The number of sulfone groups is 1. The van der Waals surface area contributed by atoms with E-state index in [0.717, 1.165) is 0 Å². The van der Waals surface area contributed by atoms with Crippen LogP contribution in [-0.4, -0.2) is 34.9 Å². The van der Waals surface area contributed by atoms with Crippen molar-refractivity contribution in [2.45, 2.75) is 31.6 Å². The normalized spacial score (nSPS) is 12.6. The van der Waals surface area contributed by atoms with Crippen molar-refractivity contribution in [3.05, 3.63) is 23.8 Å². The molecule has 0 spiro atoms. The summed E-state index contributed by atoms with van der Waals surface area (Å²) in [6.45, 7) is 5.38. The smallest absolute Gasteiger partial charge is 0.261 e. The van der Waals surface area contributed by atoms with Crippen molar-refractivity contribution in [3.8, 4) is 5.75 Å². The number of hydrogen-bond acceptors (Lipinski definition) is 5. The van der Waals surface area contributed by atoms with Crippen molar-refractivity contribution in [3.63, 3.8) is 0 Å². The van der Waals surface area contributed by atoms with Gasteiger partial charge in [0.1, 0.15) is 12.4 Å². The lowest BCUT2D eigenvalue weighted by molar-refractivity contribution is 0.335. The van der Waals surface area contributed by atoms with Gasteiger partial charge in [-0.15, -0.1) is 0 Å². The van der Waals surface area contributed by atoms with Gasteiger partial charge in [0, 0.05) is 16.4 Å². The summed E-state index contributed by atoms with van der Waals surface area (Å²) in [5.41, 5.74) is 0.672. The van der Waals surface area contributed by atoms with Crippen LogP contribution in [0.1, 0.15) is 32.3 Å². The zero-order chi connectivity index (χ0) is 16.3. The van der Waals surface area contributed by atoms with Gasteiger partial charge in [-0.05, 0) is 29.7 Å². The molecule has 0 unspecified atom stereocenters. The molecule has 1 aromatic carbocycles. The third kappa shape index (κ3) is 5.48. The fraction of sp³-hybridized carbons (Fsp3) is 0.538. The van der Waals surface area contributed by atoms with E-state index in [1.165, 1.54) is 18.2 Å². The summed E-state index contributed by atoms with van der Waals surface area (Å²) in [5, 5.41) is 0. The first-order valence-electron chi connectivity index (χ1n) is 6.48. The van der Waals surface area contributed by atoms with Gasteiger partial charge in [0.2, 0.25) is 0 Å². The lowest BCUT2D eigenvalue weighted by atomic mass is 10.0. The number of ether oxygens (including phenoxy) is 1. The van der Waals surface area contributed by atoms with Gasteiger partial charge in [0.25, 0.3) is 9.05 Å². The maximum Gasteiger partial charge on any atom is 0.261 e. The molecule has 0 N–H and O–H groups in total. The zero-order valence-electron chi connectivity index (χ0n) is 12.2. The molecular formula is C13H19ClO5S2. The second-order valence-corrected chi connectivity index (χ2v) is 9.92. The molecule has 0 bridgehead atoms. The van der Waals surface area contributed by atoms with E-state index in [1.807, 2.05) is 13.8 Å². The molecule has 5 nitrogen and oxygen atoms in total. The van der Waals surface area contributed by atoms with Crippen molar-refractivity contribution in [1.82, 2.24) is 0 Å². The fourth-order valence-corrected chi connectivity index (χ4v) is 3.10. The molecule has 0 aliphatic rings. The minimum Gasteiger partial charge on any atom is -0.492 e. The minimum absolute atomic E-state index is 0.00129. The summed E-state index contributed by atoms with van der Waals surface area (Å²) in [5.74, 6) is 0.481. The number of rotatable bonds is 7. The van der Waals surface area contributed by atoms with Crippen LogP contribution in [0, 0.1) is 0 Å². The van der Waals surface area contributed by atoms with E-state index in [1.54, 1.807) is 6.92 Å². The topological polar surface area (TPSA) is 77.5 Å². The van der Waals surface area contributed by atoms with Crippen LogP contribution in [0.2, 0.25) is 0 Å². The molecule has 0 saturated carbocycles. The van der Waals surface area contributed by atoms with Crippen molar-refractivity contribution < 1.29 is 21.6 Å². The molecule has 0 heterocycles. The van der Waals surface area contributed by atoms with E-state index in [0.29, 0.717) is 11.3 Å². The summed E-state index contributed by atoms with van der Waals surface area (Å²) < 4.78 is 51.0. The van der Waals surface area contributed by atoms with Gasteiger partial charge in [-0.1, -0.05) is 20.8 Å². The van der Waals surface area contributed by atoms with E-state index >= 15 is 0 Å². The molecule has 0 atom stereocenters. The first-order valence-corrected chi connectivity index (χ1v) is 10.6. The Morgan fingerprint density at radius 2 is 1.81 bits per heavy atom. The van der Waals surface area contributed by atoms with E-state index in [2.05, 4.69) is 0 Å². The molecule has 1 aromatic rings. The van der Waals surface area contributed by atoms with Crippen molar-refractivity contribution in [2.75, 3.05) is 18.1 Å². The number of benzene rings is 1. The summed E-state index contributed by atoms with van der Waals surface area (Å²) in [7, 11) is -1.58. The predicted octanol–water partition coefficient (Wildman–Crippen LogP) is 2.55. The number of halogens is 1. The van der Waals surface area contributed by atoms with Crippen LogP contribution in [0.4, 0.5) is 0 Å². The average Bonchev–Trinajstić information content (AvgIpc) is 2.37. The Bertz CT molecular complexity index is 693. The quantitative estimate of drug-likeness (QED) is 0.703. The Morgan fingerprint density at radius 3 is 2.29 bits per heavy atom. The molecule has 8 heteroatoms. The van der Waals surface area contributed by atoms with Gasteiger partial charge in [-0.3, -0.25) is 0 Å². The van der Waals surface area contributed by atoms with E-state index in [-0.39, 0.29) is 28.9 Å². The number of hydrogen-bond donors (Lipinski definition) is 0. The molecule has 0 fully saturated rings. The summed E-state index contributed by atoms with van der Waals surface area (Å²) in [4.78, 5) is 0.00129. The maximum absolute atomic E-state index is 11.4. The molecule has 0 amide bonds. The molecule has 0 aliphatic carbocycles. The van der Waals surface area contributed by atoms with Crippen molar-refractivity contribution in [1.29, 1.82) is 0 Å². The average molecular weight is 355 g/mol. The van der Waals surface area contributed by atoms with Crippen LogP contribution in [0.5, 0.6) is 5.75 Å². The minimum atomic E-state index is -3.80. The Kier molecular flexibility index (Phi) is 6.07. The Balaban J connectivity index is 2.98. The van der Waals surface area contributed by atoms with Crippen LogP contribution in [0.25, 0.3) is 0 Å². The third-order valence-electron chi connectivity index (χ3n) is 2.98. The van der Waals surface area contributed by atoms with Gasteiger partial charge in [0.05, 0.1) is 10.6 Å². The van der Waals surface area contributed by atoms with Gasteiger partial charge in [-0.2, -0.15) is 0 Å². The fourth-order valence-electron chi connectivity index (χ4n) is 1.68. The highest BCUT2D eigenvalue weighted by Gasteiger charge is 2.16. The van der Waals surface area contributed by atoms with E-state index < -0.39 is 18.9 Å². The predicted molar refractivity (Wildman–Crippen MR) is 83.4 cm³/mol. The van der Waals surface area contributed by atoms with Gasteiger partial charge >= 0.3 is 0 Å². The summed E-state index contributed by atoms with van der Waals surface area (Å²) >= 11 is 0. The lowest BCUT2D eigenvalue weighted by Gasteiger charge is -2.15. The molecule has 0 aliphatic heterocycles. The lowest BCUT2D eigenvalue weighted by Crippen LogP contribution is -2.16. The monoisotopic (exact) mass is 354 g/mol. The van der Waals surface area contributed by atoms with Crippen LogP contribution in [0.15, 0.2) is 23.1 Å². The summed E-state index contributed by atoms with van der Waals surface area (Å²) in [6.07, 6.45) is 0. The standard InChI is InChI=1S/C13H19ClO5S2/c1-4-20(15,16)8-7-19-13-6-5-11(21(14,17)18)9-12(13)10(2)3/h5-6,9-10H,4,7-8H2,1-3H3. The Labute approximate surface area is 130 Å². The molecule has 0 radical (unpaired) electrons. The Hall–Kier alpha value is -0.790. The van der Waals surface area contributed by atoms with Crippen LogP contribution in [-0.2, 0) is 18.9 Å². The summed E-state index contributed by atoms with van der Waals surface area (Å²) in [6, 6.07) is 4.30. The third-order valence-corrected chi connectivity index (χ3v) is 6.00. The molecule has 0 saturated heterocycles. The SMILES string of the molecule is CCS(=O)(=O)CCOc1ccc(S(=O)(=O)Cl)cc1C(C)C. The maximum atomic E-state index is 11.4. The molecular weight excluding hydrogens is 336 g/mol. The van der Waals surface area contributed by atoms with Gasteiger partial charge in [-0.25, -0.2) is 16.8 Å². The highest BCUT2D eigenvalue weighted by Crippen LogP contribution is 2.30. The van der Waals surface area contributed by atoms with Gasteiger partial charge < -0.3 is 4.74 Å². The first kappa shape index (κ1) is 18.3. The highest BCUT2D eigenvalue weighted by molar-refractivity contribution is 8.13. The molecule has 21 heavy (non-hydrogen) atoms. The molecule has 120 valence electrons. The Morgan fingerprint density at radius 1 is 1.19 bits per heavy atom. The van der Waals surface area contributed by atoms with Crippen LogP contribution < -0.4 is 4.74 Å². The zero-order valence-corrected chi connectivity index (χ0v) is 14.6. The highest BCUT2D eigenvalue weighted by atomic mass is 35.7. The molecule has 0 aromatic heterocycles. The van der Waals surface area contributed by atoms with Crippen LogP contribution >= 0.6 is 10.7 Å². The van der Waals surface area contributed by atoms with Crippen molar-refractivity contribution in [2.24, 2.45) is 0 Å². The van der Waals surface area contributed by atoms with Gasteiger partial charge in [0.15, 0.2) is 9.84 Å². The second-order valence-electron chi connectivity index (χ2n) is 4.88. The van der Waals surface area contributed by atoms with Crippen LogP contribution in [0.3, 0.4) is 0 Å². The molecule has 1 rings (SSSR count). The first-order chi connectivity index (χ1) is 9.57. The van der Waals surface area contributed by atoms with Crippen molar-refractivity contribution >= 4 is 29.6 Å². The largest absolute Gasteiger partial charge is 0.492 e. The van der Waals surface area contributed by atoms with E-state index in [9.17, 15) is 16.8 Å². The van der Waals surface area contributed by atoms with E-state index in [4.69, 9.17) is 15.4 Å².